The Kier molecular flexibility index (Phi) is 6.62. The van der Waals surface area contributed by atoms with Crippen LogP contribution < -0.4 is 5.32 Å². The Morgan fingerprint density at radius 2 is 1.02 bits per heavy atom. The third-order valence-corrected chi connectivity index (χ3v) is 11.0. The summed E-state index contributed by atoms with van der Waals surface area (Å²) in [5.74, 6) is 0.872. The Hall–Kier alpha value is -6.97. The summed E-state index contributed by atoms with van der Waals surface area (Å²) in [4.78, 5) is 5.38. The van der Waals surface area contributed by atoms with E-state index in [9.17, 15) is 0 Å². The number of nitrogens with zero attached hydrogens (tertiary/aromatic N) is 2. The van der Waals surface area contributed by atoms with Gasteiger partial charge in [0.05, 0.1) is 28.5 Å². The zero-order valence-electron chi connectivity index (χ0n) is 28.9. The topological polar surface area (TPSA) is 29.3 Å². The van der Waals surface area contributed by atoms with Crippen LogP contribution in [-0.2, 0) is 0 Å². The SMILES string of the molecule is C1=C(c2ccc(-n3c4ccc5ccccc5c4c4c5ccccc5ccc43)c3ccccc23)N=C(c2ccc3ccccc3c2)NC1c1ccccc1. The molecular weight excluding hydrogens is 643 g/mol. The lowest BCUT2D eigenvalue weighted by molar-refractivity contribution is 0.781. The van der Waals surface area contributed by atoms with Crippen LogP contribution in [0.15, 0.2) is 193 Å². The molecule has 1 aliphatic heterocycles. The molecule has 2 heterocycles. The van der Waals surface area contributed by atoms with E-state index in [0.717, 1.165) is 28.3 Å². The maximum atomic E-state index is 5.38. The molecule has 0 fully saturated rings. The molecule has 1 N–H and O–H groups in total. The summed E-state index contributed by atoms with van der Waals surface area (Å²) in [6.45, 7) is 0. The molecule has 3 nitrogen and oxygen atoms in total. The van der Waals surface area contributed by atoms with E-state index in [2.05, 4.69) is 198 Å². The molecule has 0 saturated heterocycles. The number of nitrogens with one attached hydrogen (secondary N) is 1. The van der Waals surface area contributed by atoms with E-state index >= 15 is 0 Å². The highest BCUT2D eigenvalue weighted by molar-refractivity contribution is 6.29. The van der Waals surface area contributed by atoms with E-state index in [-0.39, 0.29) is 6.04 Å². The number of rotatable bonds is 4. The molecule has 1 aliphatic rings. The summed E-state index contributed by atoms with van der Waals surface area (Å²) in [6.07, 6.45) is 2.28. The van der Waals surface area contributed by atoms with Crippen LogP contribution in [0.1, 0.15) is 22.7 Å². The lowest BCUT2D eigenvalue weighted by Gasteiger charge is -2.25. The Bertz CT molecular complexity index is 3050. The van der Waals surface area contributed by atoms with Crippen LogP contribution in [0.3, 0.4) is 0 Å². The number of hydrogen-bond donors (Lipinski definition) is 1. The van der Waals surface area contributed by atoms with Gasteiger partial charge < -0.3 is 9.88 Å². The lowest BCUT2D eigenvalue weighted by Crippen LogP contribution is -2.31. The van der Waals surface area contributed by atoms with Crippen molar-refractivity contribution in [1.82, 2.24) is 9.88 Å². The highest BCUT2D eigenvalue weighted by Gasteiger charge is 2.23. The fourth-order valence-electron chi connectivity index (χ4n) is 8.52. The Morgan fingerprint density at radius 1 is 0.453 bits per heavy atom. The normalized spacial score (nSPS) is 14.6. The van der Waals surface area contributed by atoms with E-state index in [1.54, 1.807) is 0 Å². The summed E-state index contributed by atoms with van der Waals surface area (Å²) in [6, 6.07) is 65.8. The summed E-state index contributed by atoms with van der Waals surface area (Å²) >= 11 is 0. The van der Waals surface area contributed by atoms with Crippen molar-refractivity contribution >= 4 is 76.4 Å². The van der Waals surface area contributed by atoms with E-state index in [1.807, 2.05) is 0 Å². The second kappa shape index (κ2) is 11.8. The quantitative estimate of drug-likeness (QED) is 0.198. The molecule has 53 heavy (non-hydrogen) atoms. The van der Waals surface area contributed by atoms with Crippen molar-refractivity contribution in [1.29, 1.82) is 0 Å². The Morgan fingerprint density at radius 3 is 1.72 bits per heavy atom. The number of amidine groups is 1. The molecule has 0 amide bonds. The number of benzene rings is 9. The maximum Gasteiger partial charge on any atom is 0.134 e. The number of aromatic nitrogens is 1. The molecule has 9 aromatic carbocycles. The van der Waals surface area contributed by atoms with Gasteiger partial charge in [-0.2, -0.15) is 0 Å². The minimum absolute atomic E-state index is 0.0393. The minimum atomic E-state index is -0.0393. The van der Waals surface area contributed by atoms with Gasteiger partial charge in [-0.3, -0.25) is 0 Å². The van der Waals surface area contributed by atoms with Crippen LogP contribution in [0.5, 0.6) is 0 Å². The number of aliphatic imine (C=N–C) groups is 1. The Balaban J connectivity index is 1.16. The summed E-state index contributed by atoms with van der Waals surface area (Å²) < 4.78 is 2.48. The van der Waals surface area contributed by atoms with Gasteiger partial charge in [-0.25, -0.2) is 4.99 Å². The predicted molar refractivity (Wildman–Crippen MR) is 224 cm³/mol. The highest BCUT2D eigenvalue weighted by atomic mass is 15.0. The molecule has 1 aromatic heterocycles. The lowest BCUT2D eigenvalue weighted by atomic mass is 9.96. The molecule has 0 spiro atoms. The molecule has 0 aliphatic carbocycles. The summed E-state index contributed by atoms with van der Waals surface area (Å²) in [5, 5.41) is 16.2. The van der Waals surface area contributed by atoms with Gasteiger partial charge in [-0.05, 0) is 73.6 Å². The van der Waals surface area contributed by atoms with Crippen molar-refractivity contribution in [2.45, 2.75) is 6.04 Å². The first-order chi connectivity index (χ1) is 26.3. The van der Waals surface area contributed by atoms with Crippen LogP contribution in [0, 0.1) is 0 Å². The fourth-order valence-corrected chi connectivity index (χ4v) is 8.52. The predicted octanol–water partition coefficient (Wildman–Crippen LogP) is 12.5. The third-order valence-electron chi connectivity index (χ3n) is 11.0. The monoisotopic (exact) mass is 675 g/mol. The van der Waals surface area contributed by atoms with Gasteiger partial charge in [-0.15, -0.1) is 0 Å². The van der Waals surface area contributed by atoms with Crippen molar-refractivity contribution in [2.75, 3.05) is 0 Å². The molecule has 10 aromatic rings. The van der Waals surface area contributed by atoms with E-state index in [4.69, 9.17) is 4.99 Å². The highest BCUT2D eigenvalue weighted by Crippen LogP contribution is 2.43. The van der Waals surface area contributed by atoms with Gasteiger partial charge >= 0.3 is 0 Å². The standard InChI is InChI=1S/C50H33N3/c1-2-15-35(16-3-1)43-31-44(52-50(51-43)37-23-22-32-12-4-5-17-36(32)30-37)41-26-29-45(42-21-11-10-20-40(41)42)53-46-27-24-33-13-6-8-18-38(33)48(46)49-39-19-9-7-14-34(39)25-28-47(49)53/h1-31,43H,(H,51,52). The van der Waals surface area contributed by atoms with Crippen molar-refractivity contribution in [3.63, 3.8) is 0 Å². The van der Waals surface area contributed by atoms with Crippen molar-refractivity contribution in [3.05, 3.63) is 205 Å². The first-order valence-electron chi connectivity index (χ1n) is 18.3. The van der Waals surface area contributed by atoms with Crippen LogP contribution in [0.4, 0.5) is 0 Å². The summed E-state index contributed by atoms with van der Waals surface area (Å²) in [5.41, 5.74) is 7.90. The van der Waals surface area contributed by atoms with Gasteiger partial charge in [0.2, 0.25) is 0 Å². The molecular formula is C50H33N3. The van der Waals surface area contributed by atoms with Crippen molar-refractivity contribution in [2.24, 2.45) is 4.99 Å². The third kappa shape index (κ3) is 4.71. The van der Waals surface area contributed by atoms with Crippen LogP contribution in [0.25, 0.3) is 76.3 Å². The van der Waals surface area contributed by atoms with Crippen LogP contribution in [-0.4, -0.2) is 10.4 Å². The molecule has 1 unspecified atom stereocenters. The van der Waals surface area contributed by atoms with E-state index < -0.39 is 0 Å². The van der Waals surface area contributed by atoms with Gasteiger partial charge in [0.1, 0.15) is 5.84 Å². The number of fused-ring (bicyclic) bond motifs is 9. The van der Waals surface area contributed by atoms with Gasteiger partial charge in [-0.1, -0.05) is 158 Å². The van der Waals surface area contributed by atoms with Crippen LogP contribution >= 0.6 is 0 Å². The Labute approximate surface area is 306 Å². The van der Waals surface area contributed by atoms with Gasteiger partial charge in [0, 0.05) is 27.3 Å². The zero-order valence-corrected chi connectivity index (χ0v) is 28.9. The molecule has 248 valence electrons. The van der Waals surface area contributed by atoms with Crippen molar-refractivity contribution < 1.29 is 0 Å². The molecule has 11 rings (SSSR count). The first-order valence-corrected chi connectivity index (χ1v) is 18.3. The van der Waals surface area contributed by atoms with Gasteiger partial charge in [0.15, 0.2) is 0 Å². The van der Waals surface area contributed by atoms with Gasteiger partial charge in [0.25, 0.3) is 0 Å². The largest absolute Gasteiger partial charge is 0.359 e. The molecule has 0 saturated carbocycles. The average molecular weight is 676 g/mol. The van der Waals surface area contributed by atoms with E-state index in [0.29, 0.717) is 0 Å². The number of hydrogen-bond acceptors (Lipinski definition) is 2. The van der Waals surface area contributed by atoms with Crippen LogP contribution in [0.2, 0.25) is 0 Å². The molecule has 0 radical (unpaired) electrons. The second-order valence-corrected chi connectivity index (χ2v) is 14.0. The zero-order chi connectivity index (χ0) is 34.9. The molecule has 3 heteroatoms. The fraction of sp³-hybridized carbons (Fsp3) is 0.0200. The molecule has 0 bridgehead atoms. The average Bonchev–Trinajstić information content (AvgIpc) is 3.58. The first kappa shape index (κ1) is 29.7. The molecule has 1 atom stereocenters. The smallest absolute Gasteiger partial charge is 0.134 e. The van der Waals surface area contributed by atoms with E-state index in [1.165, 1.54) is 70.5 Å². The summed E-state index contributed by atoms with van der Waals surface area (Å²) in [7, 11) is 0. The van der Waals surface area contributed by atoms with Crippen molar-refractivity contribution in [3.8, 4) is 5.69 Å². The maximum absolute atomic E-state index is 5.38. The second-order valence-electron chi connectivity index (χ2n) is 14.0. The minimum Gasteiger partial charge on any atom is -0.359 e.